The summed E-state index contributed by atoms with van der Waals surface area (Å²) < 4.78 is 36.1. The lowest BCUT2D eigenvalue weighted by Gasteiger charge is -2.18. The van der Waals surface area contributed by atoms with Crippen LogP contribution in [-0.4, -0.2) is 17.5 Å². The highest BCUT2D eigenvalue weighted by Crippen LogP contribution is 2.24. The van der Waals surface area contributed by atoms with E-state index in [-0.39, 0.29) is 5.69 Å². The molecule has 5 heteroatoms. The minimum absolute atomic E-state index is 0.283. The second-order valence-electron chi connectivity index (χ2n) is 3.41. The van der Waals surface area contributed by atoms with Gasteiger partial charge in [-0.1, -0.05) is 17.7 Å². The number of hydrogen-bond donors (Lipinski definition) is 2. The molecule has 1 rings (SSSR count). The van der Waals surface area contributed by atoms with Gasteiger partial charge in [-0.2, -0.15) is 13.2 Å². The topological polar surface area (TPSA) is 32.3 Å². The third-order valence-electron chi connectivity index (χ3n) is 1.98. The molecule has 15 heavy (non-hydrogen) atoms. The average Bonchev–Trinajstić information content (AvgIpc) is 2.08. The van der Waals surface area contributed by atoms with Crippen molar-refractivity contribution in [3.05, 3.63) is 29.3 Å². The van der Waals surface area contributed by atoms with Gasteiger partial charge in [-0.25, -0.2) is 0 Å². The summed E-state index contributed by atoms with van der Waals surface area (Å²) in [5, 5.41) is 10.8. The third kappa shape index (κ3) is 3.13. The zero-order valence-corrected chi connectivity index (χ0v) is 8.39. The van der Waals surface area contributed by atoms with Crippen molar-refractivity contribution in [2.24, 2.45) is 0 Å². The molecule has 0 aliphatic rings. The minimum atomic E-state index is -4.66. The van der Waals surface area contributed by atoms with E-state index in [4.69, 9.17) is 5.11 Å². The van der Waals surface area contributed by atoms with Crippen molar-refractivity contribution >= 4 is 5.69 Å². The quantitative estimate of drug-likeness (QED) is 0.749. The van der Waals surface area contributed by atoms with E-state index in [1.807, 2.05) is 12.2 Å². The third-order valence-corrected chi connectivity index (χ3v) is 1.98. The Labute approximate surface area is 85.7 Å². The van der Waals surface area contributed by atoms with Gasteiger partial charge in [-0.3, -0.25) is 0 Å². The highest BCUT2D eigenvalue weighted by molar-refractivity contribution is 5.52. The van der Waals surface area contributed by atoms with E-state index in [2.05, 4.69) is 0 Å². The van der Waals surface area contributed by atoms with Crippen LogP contribution in [0.15, 0.2) is 18.2 Å². The number of nitrogens with one attached hydrogen (secondary N) is 1. The van der Waals surface area contributed by atoms with Crippen LogP contribution in [0.3, 0.4) is 0 Å². The minimum Gasteiger partial charge on any atom is -0.366 e. The predicted molar refractivity (Wildman–Crippen MR) is 51.6 cm³/mol. The average molecular weight is 219 g/mol. The number of alkyl halides is 3. The fraction of sp³-hybridized carbons (Fsp3) is 0.400. The van der Waals surface area contributed by atoms with Crippen LogP contribution in [-0.2, 0) is 0 Å². The van der Waals surface area contributed by atoms with Gasteiger partial charge in [-0.05, 0) is 25.5 Å². The van der Waals surface area contributed by atoms with Crippen molar-refractivity contribution in [3.63, 3.8) is 0 Å². The van der Waals surface area contributed by atoms with Crippen LogP contribution >= 0.6 is 0 Å². The lowest BCUT2D eigenvalue weighted by atomic mass is 10.1. The smallest absolute Gasteiger partial charge is 0.366 e. The van der Waals surface area contributed by atoms with Gasteiger partial charge in [0.15, 0.2) is 0 Å². The fourth-order valence-corrected chi connectivity index (χ4v) is 1.20. The van der Waals surface area contributed by atoms with Crippen molar-refractivity contribution in [3.8, 4) is 0 Å². The molecule has 0 amide bonds. The number of halogens is 3. The van der Waals surface area contributed by atoms with Gasteiger partial charge in [-0.15, -0.1) is 0 Å². The molecule has 1 aromatic carbocycles. The fourth-order valence-electron chi connectivity index (χ4n) is 1.20. The van der Waals surface area contributed by atoms with Crippen LogP contribution in [0.2, 0.25) is 0 Å². The maximum atomic E-state index is 12.0. The van der Waals surface area contributed by atoms with Crippen molar-refractivity contribution in [1.29, 1.82) is 0 Å². The Morgan fingerprint density at radius 1 is 1.27 bits per heavy atom. The van der Waals surface area contributed by atoms with E-state index in [1.54, 1.807) is 19.1 Å². The van der Waals surface area contributed by atoms with Crippen LogP contribution in [0, 0.1) is 13.8 Å². The number of aryl methyl sites for hydroxylation is 2. The van der Waals surface area contributed by atoms with Gasteiger partial charge in [0.05, 0.1) is 0 Å². The molecule has 84 valence electrons. The highest BCUT2D eigenvalue weighted by Gasteiger charge is 2.38. The Balaban J connectivity index is 2.82. The van der Waals surface area contributed by atoms with Gasteiger partial charge >= 0.3 is 6.18 Å². The summed E-state index contributed by atoms with van der Waals surface area (Å²) in [5.74, 6) is 0. The molecule has 0 radical (unpaired) electrons. The molecule has 0 fully saturated rings. The molecule has 0 saturated heterocycles. The van der Waals surface area contributed by atoms with E-state index in [0.717, 1.165) is 5.56 Å². The Morgan fingerprint density at radius 3 is 2.33 bits per heavy atom. The first-order valence-electron chi connectivity index (χ1n) is 4.39. The molecule has 2 nitrogen and oxygen atoms in total. The van der Waals surface area contributed by atoms with Crippen molar-refractivity contribution in [2.45, 2.75) is 26.3 Å². The second-order valence-corrected chi connectivity index (χ2v) is 3.41. The Morgan fingerprint density at radius 2 is 1.87 bits per heavy atom. The van der Waals surface area contributed by atoms with Crippen LogP contribution in [0.25, 0.3) is 0 Å². The summed E-state index contributed by atoms with van der Waals surface area (Å²) in [6.45, 7) is 3.52. The lowest BCUT2D eigenvalue weighted by Crippen LogP contribution is -2.35. The van der Waals surface area contributed by atoms with Gasteiger partial charge in [0, 0.05) is 5.69 Å². The normalized spacial score (nSPS) is 13.7. The molecule has 0 bridgehead atoms. The van der Waals surface area contributed by atoms with Crippen molar-refractivity contribution in [1.82, 2.24) is 0 Å². The Hall–Kier alpha value is -1.23. The van der Waals surface area contributed by atoms with Gasteiger partial charge < -0.3 is 10.4 Å². The standard InChI is InChI=1S/C10H12F3NO/c1-6-3-4-8(7(2)5-6)14-9(15)10(11,12)13/h3-5,9,14-15H,1-2H3. The predicted octanol–water partition coefficient (Wildman–Crippen LogP) is 2.60. The molecule has 0 aliphatic heterocycles. The Kier molecular flexibility index (Phi) is 3.24. The van der Waals surface area contributed by atoms with Crippen LogP contribution in [0.1, 0.15) is 11.1 Å². The Bertz CT molecular complexity index is 349. The van der Waals surface area contributed by atoms with E-state index in [1.165, 1.54) is 6.07 Å². The summed E-state index contributed by atoms with van der Waals surface area (Å²) in [6, 6.07) is 4.93. The van der Waals surface area contributed by atoms with Gasteiger partial charge in [0.1, 0.15) is 0 Å². The molecule has 0 spiro atoms. The summed E-state index contributed by atoms with van der Waals surface area (Å²) in [4.78, 5) is 0. The lowest BCUT2D eigenvalue weighted by molar-refractivity contribution is -0.194. The summed E-state index contributed by atoms with van der Waals surface area (Å²) in [6.07, 6.45) is -7.18. The van der Waals surface area contributed by atoms with Gasteiger partial charge in [0.25, 0.3) is 0 Å². The van der Waals surface area contributed by atoms with E-state index in [9.17, 15) is 13.2 Å². The van der Waals surface area contributed by atoms with E-state index < -0.39 is 12.4 Å². The molecule has 0 aliphatic carbocycles. The molecule has 1 aromatic rings. The molecular weight excluding hydrogens is 207 g/mol. The summed E-state index contributed by atoms with van der Waals surface area (Å²) in [7, 11) is 0. The van der Waals surface area contributed by atoms with Crippen LogP contribution < -0.4 is 5.32 Å². The number of anilines is 1. The van der Waals surface area contributed by atoms with E-state index >= 15 is 0 Å². The largest absolute Gasteiger partial charge is 0.433 e. The van der Waals surface area contributed by atoms with Crippen molar-refractivity contribution < 1.29 is 18.3 Å². The molecule has 2 N–H and O–H groups in total. The first-order chi connectivity index (χ1) is 6.80. The highest BCUT2D eigenvalue weighted by atomic mass is 19.4. The molecule has 0 saturated carbocycles. The summed E-state index contributed by atoms with van der Waals surface area (Å²) in [5.41, 5.74) is 1.91. The first-order valence-corrected chi connectivity index (χ1v) is 4.39. The SMILES string of the molecule is Cc1ccc(NC(O)C(F)(F)F)c(C)c1. The molecule has 1 atom stereocenters. The molecule has 0 aromatic heterocycles. The monoisotopic (exact) mass is 219 g/mol. The molecular formula is C10H12F3NO. The van der Waals surface area contributed by atoms with Crippen LogP contribution in [0.5, 0.6) is 0 Å². The zero-order chi connectivity index (χ0) is 11.6. The van der Waals surface area contributed by atoms with Gasteiger partial charge in [0.2, 0.25) is 6.23 Å². The van der Waals surface area contributed by atoms with E-state index in [0.29, 0.717) is 5.56 Å². The maximum absolute atomic E-state index is 12.0. The number of rotatable bonds is 2. The maximum Gasteiger partial charge on any atom is 0.433 e. The molecule has 0 heterocycles. The second kappa shape index (κ2) is 4.10. The number of aliphatic hydroxyl groups excluding tert-OH is 1. The zero-order valence-electron chi connectivity index (χ0n) is 8.39. The number of benzene rings is 1. The number of aliphatic hydroxyl groups is 1. The number of hydrogen-bond acceptors (Lipinski definition) is 2. The summed E-state index contributed by atoms with van der Waals surface area (Å²) >= 11 is 0. The van der Waals surface area contributed by atoms with Crippen molar-refractivity contribution in [2.75, 3.05) is 5.32 Å². The molecule has 1 unspecified atom stereocenters. The van der Waals surface area contributed by atoms with Crippen LogP contribution in [0.4, 0.5) is 18.9 Å². The first kappa shape index (κ1) is 11.8.